The van der Waals surface area contributed by atoms with Crippen molar-refractivity contribution in [3.8, 4) is 0 Å². The molecule has 0 spiro atoms. The Bertz CT molecular complexity index is 472. The van der Waals surface area contributed by atoms with Crippen LogP contribution in [0.25, 0.3) is 0 Å². The molecule has 1 heterocycles. The van der Waals surface area contributed by atoms with Crippen molar-refractivity contribution >= 4 is 5.84 Å². The van der Waals surface area contributed by atoms with E-state index < -0.39 is 0 Å². The summed E-state index contributed by atoms with van der Waals surface area (Å²) in [6.07, 6.45) is 4.68. The highest BCUT2D eigenvalue weighted by molar-refractivity contribution is 6.01. The van der Waals surface area contributed by atoms with Crippen molar-refractivity contribution in [3.05, 3.63) is 35.4 Å². The summed E-state index contributed by atoms with van der Waals surface area (Å²) >= 11 is 0. The number of likely N-dealkylation sites (N-methyl/N-ethyl adjacent to an activating group) is 1. The smallest absolute Gasteiger partial charge is 0.131 e. The highest BCUT2D eigenvalue weighted by atomic mass is 15.2. The van der Waals surface area contributed by atoms with Crippen LogP contribution in [-0.4, -0.2) is 30.9 Å². The third kappa shape index (κ3) is 1.83. The lowest BCUT2D eigenvalue weighted by molar-refractivity contribution is 0.459. The van der Waals surface area contributed by atoms with E-state index in [0.717, 1.165) is 31.8 Å². The van der Waals surface area contributed by atoms with E-state index in [2.05, 4.69) is 41.2 Å². The Labute approximate surface area is 109 Å². The fourth-order valence-electron chi connectivity index (χ4n) is 3.21. The maximum Gasteiger partial charge on any atom is 0.131 e. The molecule has 0 atom stereocenters. The van der Waals surface area contributed by atoms with Crippen LogP contribution in [0, 0.1) is 0 Å². The SMILES string of the molecule is CN1CCN=C1c1ccccc1C1(N)CCCC1. The van der Waals surface area contributed by atoms with Gasteiger partial charge in [0.05, 0.1) is 6.54 Å². The van der Waals surface area contributed by atoms with Gasteiger partial charge in [0.1, 0.15) is 5.84 Å². The molecular weight excluding hydrogens is 222 g/mol. The average Bonchev–Trinajstić information content (AvgIpc) is 2.99. The maximum absolute atomic E-state index is 6.62. The first-order valence-electron chi connectivity index (χ1n) is 6.85. The first kappa shape index (κ1) is 11.7. The van der Waals surface area contributed by atoms with Gasteiger partial charge in [0.25, 0.3) is 0 Å². The van der Waals surface area contributed by atoms with Gasteiger partial charge in [-0.05, 0) is 18.4 Å². The number of rotatable bonds is 2. The Morgan fingerprint density at radius 2 is 1.94 bits per heavy atom. The van der Waals surface area contributed by atoms with Crippen LogP contribution in [0.15, 0.2) is 29.3 Å². The van der Waals surface area contributed by atoms with Gasteiger partial charge in [-0.15, -0.1) is 0 Å². The lowest BCUT2D eigenvalue weighted by atomic mass is 9.85. The Morgan fingerprint density at radius 3 is 2.61 bits per heavy atom. The van der Waals surface area contributed by atoms with E-state index in [1.165, 1.54) is 24.0 Å². The summed E-state index contributed by atoms with van der Waals surface area (Å²) in [4.78, 5) is 6.87. The van der Waals surface area contributed by atoms with E-state index >= 15 is 0 Å². The summed E-state index contributed by atoms with van der Waals surface area (Å²) in [7, 11) is 2.11. The number of benzene rings is 1. The van der Waals surface area contributed by atoms with Crippen LogP contribution >= 0.6 is 0 Å². The van der Waals surface area contributed by atoms with E-state index in [1.807, 2.05) is 0 Å². The second-order valence-electron chi connectivity index (χ2n) is 5.54. The van der Waals surface area contributed by atoms with Crippen LogP contribution in [0.3, 0.4) is 0 Å². The number of nitrogens with two attached hydrogens (primary N) is 1. The third-order valence-electron chi connectivity index (χ3n) is 4.26. The molecule has 18 heavy (non-hydrogen) atoms. The number of nitrogens with zero attached hydrogens (tertiary/aromatic N) is 2. The van der Waals surface area contributed by atoms with Crippen LogP contribution in [0.1, 0.15) is 36.8 Å². The van der Waals surface area contributed by atoms with Crippen LogP contribution in [0.4, 0.5) is 0 Å². The molecule has 1 aromatic carbocycles. The predicted molar refractivity (Wildman–Crippen MR) is 74.8 cm³/mol. The molecule has 3 nitrogen and oxygen atoms in total. The van der Waals surface area contributed by atoms with Crippen molar-refractivity contribution in [1.29, 1.82) is 0 Å². The first-order chi connectivity index (χ1) is 8.71. The van der Waals surface area contributed by atoms with Crippen molar-refractivity contribution in [2.24, 2.45) is 10.7 Å². The molecule has 1 aromatic rings. The van der Waals surface area contributed by atoms with Gasteiger partial charge in [-0.1, -0.05) is 37.1 Å². The molecule has 1 aliphatic carbocycles. The Kier molecular flexibility index (Phi) is 2.86. The number of hydrogen-bond donors (Lipinski definition) is 1. The molecule has 2 N–H and O–H groups in total. The van der Waals surface area contributed by atoms with Crippen LogP contribution in [-0.2, 0) is 5.54 Å². The number of amidine groups is 1. The Balaban J connectivity index is 2.05. The molecule has 0 radical (unpaired) electrons. The summed E-state index contributed by atoms with van der Waals surface area (Å²) in [6.45, 7) is 1.92. The minimum Gasteiger partial charge on any atom is -0.358 e. The summed E-state index contributed by atoms with van der Waals surface area (Å²) in [6, 6.07) is 8.55. The summed E-state index contributed by atoms with van der Waals surface area (Å²) in [5, 5.41) is 0. The van der Waals surface area contributed by atoms with Gasteiger partial charge in [0, 0.05) is 24.7 Å². The molecule has 0 bridgehead atoms. The van der Waals surface area contributed by atoms with Crippen molar-refractivity contribution in [3.63, 3.8) is 0 Å². The molecule has 1 fully saturated rings. The number of hydrogen-bond acceptors (Lipinski definition) is 3. The van der Waals surface area contributed by atoms with E-state index in [9.17, 15) is 0 Å². The molecule has 0 saturated heterocycles. The van der Waals surface area contributed by atoms with Gasteiger partial charge < -0.3 is 10.6 Å². The fraction of sp³-hybridized carbons (Fsp3) is 0.533. The molecule has 0 unspecified atom stereocenters. The standard InChI is InChI=1S/C15H21N3/c1-18-11-10-17-14(18)12-6-2-3-7-13(12)15(16)8-4-5-9-15/h2-3,6-7H,4-5,8-11,16H2,1H3. The normalized spacial score (nSPS) is 22.3. The molecule has 1 saturated carbocycles. The van der Waals surface area contributed by atoms with Gasteiger partial charge in [-0.3, -0.25) is 4.99 Å². The van der Waals surface area contributed by atoms with Crippen molar-refractivity contribution in [1.82, 2.24) is 4.90 Å². The molecule has 3 rings (SSSR count). The molecule has 0 aromatic heterocycles. The van der Waals surface area contributed by atoms with E-state index in [1.54, 1.807) is 0 Å². The third-order valence-corrected chi connectivity index (χ3v) is 4.26. The first-order valence-corrected chi connectivity index (χ1v) is 6.85. The highest BCUT2D eigenvalue weighted by Gasteiger charge is 2.34. The molecule has 0 amide bonds. The highest BCUT2D eigenvalue weighted by Crippen LogP contribution is 2.38. The molecule has 1 aliphatic heterocycles. The van der Waals surface area contributed by atoms with Crippen LogP contribution < -0.4 is 5.73 Å². The van der Waals surface area contributed by atoms with Crippen molar-refractivity contribution in [2.45, 2.75) is 31.2 Å². The second-order valence-corrected chi connectivity index (χ2v) is 5.54. The molecule has 3 heteroatoms. The monoisotopic (exact) mass is 243 g/mol. The fourth-order valence-corrected chi connectivity index (χ4v) is 3.21. The zero-order valence-corrected chi connectivity index (χ0v) is 11.0. The van der Waals surface area contributed by atoms with Crippen molar-refractivity contribution in [2.75, 3.05) is 20.1 Å². The lowest BCUT2D eigenvalue weighted by Crippen LogP contribution is -2.36. The van der Waals surface area contributed by atoms with Gasteiger partial charge in [-0.25, -0.2) is 0 Å². The quantitative estimate of drug-likeness (QED) is 0.864. The topological polar surface area (TPSA) is 41.6 Å². The Morgan fingerprint density at radius 1 is 1.22 bits per heavy atom. The van der Waals surface area contributed by atoms with E-state index in [0.29, 0.717) is 0 Å². The number of aliphatic imine (C=N–C) groups is 1. The largest absolute Gasteiger partial charge is 0.358 e. The van der Waals surface area contributed by atoms with Gasteiger partial charge >= 0.3 is 0 Å². The summed E-state index contributed by atoms with van der Waals surface area (Å²) in [5.74, 6) is 1.11. The molecule has 96 valence electrons. The van der Waals surface area contributed by atoms with Crippen molar-refractivity contribution < 1.29 is 0 Å². The van der Waals surface area contributed by atoms with Gasteiger partial charge in [-0.2, -0.15) is 0 Å². The summed E-state index contributed by atoms with van der Waals surface area (Å²) < 4.78 is 0. The average molecular weight is 243 g/mol. The second kappa shape index (κ2) is 4.39. The minimum absolute atomic E-state index is 0.136. The lowest BCUT2D eigenvalue weighted by Gasteiger charge is -2.28. The van der Waals surface area contributed by atoms with E-state index in [-0.39, 0.29) is 5.54 Å². The Hall–Kier alpha value is -1.35. The van der Waals surface area contributed by atoms with E-state index in [4.69, 9.17) is 5.73 Å². The predicted octanol–water partition coefficient (Wildman–Crippen LogP) is 2.11. The zero-order chi connectivity index (χ0) is 12.6. The zero-order valence-electron chi connectivity index (χ0n) is 11.0. The minimum atomic E-state index is -0.136. The molecule has 2 aliphatic rings. The molecular formula is C15H21N3. The van der Waals surface area contributed by atoms with Gasteiger partial charge in [0.15, 0.2) is 0 Å². The summed E-state index contributed by atoms with van der Waals surface area (Å²) in [5.41, 5.74) is 9.01. The maximum atomic E-state index is 6.62. The van der Waals surface area contributed by atoms with Gasteiger partial charge in [0.2, 0.25) is 0 Å². The van der Waals surface area contributed by atoms with Crippen LogP contribution in [0.5, 0.6) is 0 Å². The van der Waals surface area contributed by atoms with Crippen LogP contribution in [0.2, 0.25) is 0 Å².